The van der Waals surface area contributed by atoms with Gasteiger partial charge in [0.15, 0.2) is 0 Å². The molecular weight excluding hydrogens is 242 g/mol. The monoisotopic (exact) mass is 261 g/mol. The SMILES string of the molecule is CCC(C)(C)CN1CCCC(Br)C1=O. The molecule has 1 atom stereocenters. The van der Waals surface area contributed by atoms with Crippen LogP contribution < -0.4 is 0 Å². The summed E-state index contributed by atoms with van der Waals surface area (Å²) in [7, 11) is 0. The number of carbonyl (C=O) groups excluding carboxylic acids is 1. The second-order valence-corrected chi connectivity index (χ2v) is 5.99. The molecule has 1 fully saturated rings. The highest BCUT2D eigenvalue weighted by Crippen LogP contribution is 2.25. The van der Waals surface area contributed by atoms with Gasteiger partial charge in [0.25, 0.3) is 0 Å². The number of amides is 1. The Labute approximate surface area is 95.2 Å². The van der Waals surface area contributed by atoms with Crippen LogP contribution in [0.4, 0.5) is 0 Å². The average molecular weight is 262 g/mol. The van der Waals surface area contributed by atoms with Crippen molar-refractivity contribution >= 4 is 21.8 Å². The summed E-state index contributed by atoms with van der Waals surface area (Å²) in [6.45, 7) is 8.45. The second-order valence-electron chi connectivity index (χ2n) is 4.89. The van der Waals surface area contributed by atoms with Gasteiger partial charge in [0, 0.05) is 13.1 Å². The summed E-state index contributed by atoms with van der Waals surface area (Å²) in [5.74, 6) is 0.276. The molecule has 82 valence electrons. The molecule has 1 rings (SSSR count). The Morgan fingerprint density at radius 2 is 2.21 bits per heavy atom. The molecule has 1 amide bonds. The Hall–Kier alpha value is -0.0500. The Kier molecular flexibility index (Phi) is 3.99. The highest BCUT2D eigenvalue weighted by Gasteiger charge is 2.30. The van der Waals surface area contributed by atoms with Crippen LogP contribution in [-0.2, 0) is 4.79 Å². The number of halogens is 1. The van der Waals surface area contributed by atoms with E-state index in [0.29, 0.717) is 0 Å². The van der Waals surface area contributed by atoms with Gasteiger partial charge >= 0.3 is 0 Å². The lowest BCUT2D eigenvalue weighted by Gasteiger charge is -2.36. The van der Waals surface area contributed by atoms with E-state index >= 15 is 0 Å². The quantitative estimate of drug-likeness (QED) is 0.716. The van der Waals surface area contributed by atoms with Crippen molar-refractivity contribution in [3.05, 3.63) is 0 Å². The van der Waals surface area contributed by atoms with Gasteiger partial charge in [-0.15, -0.1) is 0 Å². The zero-order valence-corrected chi connectivity index (χ0v) is 10.9. The fourth-order valence-electron chi connectivity index (χ4n) is 1.68. The molecule has 1 aliphatic heterocycles. The molecule has 3 heteroatoms. The van der Waals surface area contributed by atoms with Crippen LogP contribution >= 0.6 is 15.9 Å². The maximum Gasteiger partial charge on any atom is 0.236 e. The number of alkyl halides is 1. The smallest absolute Gasteiger partial charge is 0.236 e. The normalized spacial score (nSPS) is 24.1. The molecule has 0 bridgehead atoms. The van der Waals surface area contributed by atoms with Gasteiger partial charge in [-0.05, 0) is 24.7 Å². The third kappa shape index (κ3) is 2.97. The number of hydrogen-bond acceptors (Lipinski definition) is 1. The zero-order chi connectivity index (χ0) is 10.8. The standard InChI is InChI=1S/C11H20BrNO/c1-4-11(2,3)8-13-7-5-6-9(12)10(13)14/h9H,4-8H2,1-3H3. The van der Waals surface area contributed by atoms with E-state index in [-0.39, 0.29) is 16.1 Å². The van der Waals surface area contributed by atoms with Crippen molar-refractivity contribution < 1.29 is 4.79 Å². The lowest BCUT2D eigenvalue weighted by molar-refractivity contribution is -0.133. The highest BCUT2D eigenvalue weighted by atomic mass is 79.9. The minimum absolute atomic E-state index is 0.0592. The van der Waals surface area contributed by atoms with Crippen LogP contribution in [0, 0.1) is 5.41 Å². The minimum Gasteiger partial charge on any atom is -0.341 e. The van der Waals surface area contributed by atoms with Gasteiger partial charge in [-0.3, -0.25) is 4.79 Å². The summed E-state index contributed by atoms with van der Waals surface area (Å²) in [5, 5.41) is 0. The largest absolute Gasteiger partial charge is 0.341 e. The summed E-state index contributed by atoms with van der Waals surface area (Å²) in [6.07, 6.45) is 3.23. The number of hydrogen-bond donors (Lipinski definition) is 0. The first-order chi connectivity index (χ1) is 6.46. The van der Waals surface area contributed by atoms with E-state index in [1.54, 1.807) is 0 Å². The first-order valence-electron chi connectivity index (χ1n) is 5.39. The zero-order valence-electron chi connectivity index (χ0n) is 9.35. The van der Waals surface area contributed by atoms with Crippen LogP contribution in [0.15, 0.2) is 0 Å². The van der Waals surface area contributed by atoms with E-state index in [4.69, 9.17) is 0 Å². The predicted molar refractivity (Wildman–Crippen MR) is 62.6 cm³/mol. The molecule has 0 spiro atoms. The molecule has 0 aromatic carbocycles. The summed E-state index contributed by atoms with van der Waals surface area (Å²) < 4.78 is 0. The van der Waals surface area contributed by atoms with Gasteiger partial charge in [0.05, 0.1) is 4.83 Å². The minimum atomic E-state index is 0.0592. The third-order valence-electron chi connectivity index (χ3n) is 3.04. The lowest BCUT2D eigenvalue weighted by Crippen LogP contribution is -2.45. The molecular formula is C11H20BrNO. The molecule has 1 saturated heterocycles. The molecule has 0 saturated carbocycles. The van der Waals surface area contributed by atoms with Crippen LogP contribution in [0.1, 0.15) is 40.0 Å². The summed E-state index contributed by atoms with van der Waals surface area (Å²) >= 11 is 3.43. The molecule has 0 N–H and O–H groups in total. The van der Waals surface area contributed by atoms with E-state index in [2.05, 4.69) is 36.7 Å². The van der Waals surface area contributed by atoms with Crippen LogP contribution in [0.5, 0.6) is 0 Å². The topological polar surface area (TPSA) is 20.3 Å². The van der Waals surface area contributed by atoms with Crippen molar-refractivity contribution in [2.24, 2.45) is 5.41 Å². The van der Waals surface area contributed by atoms with E-state index in [0.717, 1.165) is 32.4 Å². The number of piperidine rings is 1. The van der Waals surface area contributed by atoms with E-state index in [9.17, 15) is 4.79 Å². The highest BCUT2D eigenvalue weighted by molar-refractivity contribution is 9.10. The Morgan fingerprint density at radius 1 is 1.57 bits per heavy atom. The lowest BCUT2D eigenvalue weighted by atomic mass is 9.89. The van der Waals surface area contributed by atoms with Crippen molar-refractivity contribution in [1.29, 1.82) is 0 Å². The van der Waals surface area contributed by atoms with Gasteiger partial charge < -0.3 is 4.90 Å². The van der Waals surface area contributed by atoms with Crippen LogP contribution in [0.2, 0.25) is 0 Å². The number of carbonyl (C=O) groups is 1. The molecule has 0 aliphatic carbocycles. The average Bonchev–Trinajstić information content (AvgIpc) is 2.13. The maximum absolute atomic E-state index is 11.8. The van der Waals surface area contributed by atoms with Crippen LogP contribution in [0.3, 0.4) is 0 Å². The van der Waals surface area contributed by atoms with Gasteiger partial charge in [0.2, 0.25) is 5.91 Å². The predicted octanol–water partition coefficient (Wildman–Crippen LogP) is 2.81. The van der Waals surface area contributed by atoms with E-state index in [1.807, 2.05) is 4.90 Å². The van der Waals surface area contributed by atoms with Crippen molar-refractivity contribution in [2.75, 3.05) is 13.1 Å². The first-order valence-corrected chi connectivity index (χ1v) is 6.31. The molecule has 0 aromatic rings. The number of rotatable bonds is 3. The van der Waals surface area contributed by atoms with Crippen molar-refractivity contribution in [3.63, 3.8) is 0 Å². The van der Waals surface area contributed by atoms with E-state index < -0.39 is 0 Å². The van der Waals surface area contributed by atoms with Gasteiger partial charge in [0.1, 0.15) is 0 Å². The number of nitrogens with zero attached hydrogens (tertiary/aromatic N) is 1. The summed E-state index contributed by atoms with van der Waals surface area (Å²) in [4.78, 5) is 13.9. The third-order valence-corrected chi connectivity index (χ3v) is 3.89. The van der Waals surface area contributed by atoms with Crippen molar-refractivity contribution in [1.82, 2.24) is 4.90 Å². The molecule has 14 heavy (non-hydrogen) atoms. The van der Waals surface area contributed by atoms with Gasteiger partial charge in [-0.2, -0.15) is 0 Å². The van der Waals surface area contributed by atoms with Gasteiger partial charge in [-0.1, -0.05) is 36.7 Å². The Balaban J connectivity index is 2.55. The molecule has 1 aliphatic rings. The second kappa shape index (κ2) is 4.65. The molecule has 0 aromatic heterocycles. The molecule has 0 radical (unpaired) electrons. The molecule has 2 nitrogen and oxygen atoms in total. The Bertz CT molecular complexity index is 215. The summed E-state index contributed by atoms with van der Waals surface area (Å²) in [6, 6.07) is 0. The maximum atomic E-state index is 11.8. The first kappa shape index (κ1) is 12.0. The van der Waals surface area contributed by atoms with Crippen LogP contribution in [-0.4, -0.2) is 28.7 Å². The summed E-state index contributed by atoms with van der Waals surface area (Å²) in [5.41, 5.74) is 0.250. The fraction of sp³-hybridized carbons (Fsp3) is 0.909. The van der Waals surface area contributed by atoms with E-state index in [1.165, 1.54) is 0 Å². The number of likely N-dealkylation sites (tertiary alicyclic amines) is 1. The fourth-order valence-corrected chi connectivity index (χ4v) is 2.29. The molecule has 1 heterocycles. The van der Waals surface area contributed by atoms with Crippen molar-refractivity contribution in [3.8, 4) is 0 Å². The molecule has 1 unspecified atom stereocenters. The van der Waals surface area contributed by atoms with Crippen LogP contribution in [0.25, 0.3) is 0 Å². The van der Waals surface area contributed by atoms with Gasteiger partial charge in [-0.25, -0.2) is 0 Å². The Morgan fingerprint density at radius 3 is 2.79 bits per heavy atom. The van der Waals surface area contributed by atoms with Crippen molar-refractivity contribution in [2.45, 2.75) is 44.9 Å².